The van der Waals surface area contributed by atoms with Crippen LogP contribution in [-0.2, 0) is 0 Å². The summed E-state index contributed by atoms with van der Waals surface area (Å²) in [7, 11) is 0. The molecule has 3 nitrogen and oxygen atoms in total. The molecule has 2 rings (SSSR count). The summed E-state index contributed by atoms with van der Waals surface area (Å²) in [5, 5.41) is 0. The van der Waals surface area contributed by atoms with Gasteiger partial charge in [-0.3, -0.25) is 0 Å². The Bertz CT molecular complexity index is 614. The maximum absolute atomic E-state index is 13.3. The second-order valence-electron chi connectivity index (χ2n) is 4.02. The summed E-state index contributed by atoms with van der Waals surface area (Å²) in [4.78, 5) is 3.67. The Morgan fingerprint density at radius 3 is 2.45 bits per heavy atom. The average molecular weight is 286 g/mol. The molecular formula is C13H10F4N2O. The molecule has 0 saturated heterocycles. The van der Waals surface area contributed by atoms with Crippen LogP contribution in [0.1, 0.15) is 0 Å². The van der Waals surface area contributed by atoms with Gasteiger partial charge in [0.2, 0.25) is 5.88 Å². The Labute approximate surface area is 112 Å². The molecule has 1 aromatic heterocycles. The Balaban J connectivity index is 2.23. The molecule has 0 radical (unpaired) electrons. The first-order valence-electron chi connectivity index (χ1n) is 5.56. The summed E-state index contributed by atoms with van der Waals surface area (Å²) in [6, 6.07) is 6.96. The highest BCUT2D eigenvalue weighted by Crippen LogP contribution is 2.25. The topological polar surface area (TPSA) is 48.1 Å². The van der Waals surface area contributed by atoms with E-state index in [-0.39, 0.29) is 11.6 Å². The Morgan fingerprint density at radius 2 is 1.80 bits per heavy atom. The van der Waals surface area contributed by atoms with Gasteiger partial charge in [0.25, 0.3) is 0 Å². The van der Waals surface area contributed by atoms with Crippen molar-refractivity contribution in [2.75, 3.05) is 12.3 Å². The van der Waals surface area contributed by atoms with Crippen LogP contribution in [0.2, 0.25) is 0 Å². The number of hydrogen-bond acceptors (Lipinski definition) is 3. The molecule has 0 atom stereocenters. The zero-order valence-electron chi connectivity index (χ0n) is 10.1. The Hall–Kier alpha value is -2.31. The van der Waals surface area contributed by atoms with Gasteiger partial charge in [0.1, 0.15) is 5.82 Å². The number of pyridine rings is 1. The van der Waals surface area contributed by atoms with E-state index in [0.717, 1.165) is 0 Å². The van der Waals surface area contributed by atoms with Gasteiger partial charge in [-0.1, -0.05) is 6.07 Å². The molecule has 2 N–H and O–H groups in total. The number of anilines is 1. The van der Waals surface area contributed by atoms with Gasteiger partial charge >= 0.3 is 6.18 Å². The fourth-order valence-electron chi connectivity index (χ4n) is 1.53. The van der Waals surface area contributed by atoms with E-state index in [1.165, 1.54) is 30.5 Å². The molecule has 0 saturated carbocycles. The van der Waals surface area contributed by atoms with Gasteiger partial charge in [0.15, 0.2) is 6.61 Å². The molecule has 106 valence electrons. The summed E-state index contributed by atoms with van der Waals surface area (Å²) in [6.45, 7) is -1.43. The molecule has 0 spiro atoms. The van der Waals surface area contributed by atoms with Gasteiger partial charge in [-0.2, -0.15) is 13.2 Å². The molecule has 0 aliphatic heterocycles. The number of benzene rings is 1. The Kier molecular flexibility index (Phi) is 3.78. The lowest BCUT2D eigenvalue weighted by atomic mass is 10.1. The largest absolute Gasteiger partial charge is 0.468 e. The summed E-state index contributed by atoms with van der Waals surface area (Å²) in [6.07, 6.45) is -3.15. The molecule has 20 heavy (non-hydrogen) atoms. The highest BCUT2D eigenvalue weighted by atomic mass is 19.4. The van der Waals surface area contributed by atoms with Gasteiger partial charge in [0.05, 0.1) is 5.69 Å². The van der Waals surface area contributed by atoms with Crippen LogP contribution in [0.3, 0.4) is 0 Å². The van der Waals surface area contributed by atoms with Crippen molar-refractivity contribution in [1.82, 2.24) is 4.98 Å². The van der Waals surface area contributed by atoms with E-state index in [4.69, 9.17) is 5.73 Å². The van der Waals surface area contributed by atoms with Crippen LogP contribution < -0.4 is 10.5 Å². The molecule has 0 bridgehead atoms. The van der Waals surface area contributed by atoms with E-state index >= 15 is 0 Å². The van der Waals surface area contributed by atoms with E-state index in [0.29, 0.717) is 11.1 Å². The number of hydrogen-bond donors (Lipinski definition) is 1. The van der Waals surface area contributed by atoms with Crippen molar-refractivity contribution < 1.29 is 22.3 Å². The van der Waals surface area contributed by atoms with Gasteiger partial charge in [0, 0.05) is 12.3 Å². The zero-order chi connectivity index (χ0) is 14.8. The van der Waals surface area contributed by atoms with Crippen molar-refractivity contribution in [3.05, 3.63) is 42.3 Å². The SMILES string of the molecule is Nc1ccc(-c2ccnc(OCC(F)(F)F)c2)cc1F. The lowest BCUT2D eigenvalue weighted by Gasteiger charge is -2.09. The van der Waals surface area contributed by atoms with Crippen LogP contribution in [0.5, 0.6) is 5.88 Å². The van der Waals surface area contributed by atoms with E-state index in [1.54, 1.807) is 6.07 Å². The minimum Gasteiger partial charge on any atom is -0.468 e. The summed E-state index contributed by atoms with van der Waals surface area (Å²) in [5.41, 5.74) is 6.30. The number of nitrogens with two attached hydrogens (primary N) is 1. The third kappa shape index (κ3) is 3.59. The Morgan fingerprint density at radius 1 is 1.10 bits per heavy atom. The summed E-state index contributed by atoms with van der Waals surface area (Å²) in [5.74, 6) is -0.783. The van der Waals surface area contributed by atoms with Crippen LogP contribution in [0.4, 0.5) is 23.2 Å². The molecule has 0 fully saturated rings. The molecule has 2 aromatic rings. The molecule has 1 heterocycles. The number of ether oxygens (including phenoxy) is 1. The van der Waals surface area contributed by atoms with Gasteiger partial charge in [-0.15, -0.1) is 0 Å². The number of halogens is 4. The van der Waals surface area contributed by atoms with Gasteiger partial charge in [-0.05, 0) is 29.3 Å². The maximum atomic E-state index is 13.3. The predicted octanol–water partition coefficient (Wildman–Crippen LogP) is 3.41. The van der Waals surface area contributed by atoms with Crippen LogP contribution in [-0.4, -0.2) is 17.8 Å². The first-order chi connectivity index (χ1) is 9.35. The van der Waals surface area contributed by atoms with E-state index in [2.05, 4.69) is 9.72 Å². The van der Waals surface area contributed by atoms with E-state index in [9.17, 15) is 17.6 Å². The highest BCUT2D eigenvalue weighted by Gasteiger charge is 2.28. The second kappa shape index (κ2) is 5.36. The number of rotatable bonds is 3. The fourth-order valence-corrected chi connectivity index (χ4v) is 1.53. The smallest absolute Gasteiger partial charge is 0.422 e. The van der Waals surface area contributed by atoms with Crippen molar-refractivity contribution in [2.45, 2.75) is 6.18 Å². The van der Waals surface area contributed by atoms with Crippen molar-refractivity contribution in [3.8, 4) is 17.0 Å². The van der Waals surface area contributed by atoms with Crippen LogP contribution >= 0.6 is 0 Å². The minimum atomic E-state index is -4.44. The maximum Gasteiger partial charge on any atom is 0.422 e. The molecule has 0 unspecified atom stereocenters. The predicted molar refractivity (Wildman–Crippen MR) is 65.6 cm³/mol. The fraction of sp³-hybridized carbons (Fsp3) is 0.154. The molecule has 0 aliphatic carbocycles. The van der Waals surface area contributed by atoms with E-state index in [1.807, 2.05) is 0 Å². The molecule has 7 heteroatoms. The van der Waals surface area contributed by atoms with Crippen molar-refractivity contribution >= 4 is 5.69 Å². The first-order valence-corrected chi connectivity index (χ1v) is 5.56. The second-order valence-corrected chi connectivity index (χ2v) is 4.02. The number of nitrogen functional groups attached to an aromatic ring is 1. The molecular weight excluding hydrogens is 276 g/mol. The third-order valence-corrected chi connectivity index (χ3v) is 2.45. The normalized spacial score (nSPS) is 11.4. The first kappa shape index (κ1) is 14.1. The highest BCUT2D eigenvalue weighted by molar-refractivity contribution is 5.66. The van der Waals surface area contributed by atoms with E-state index < -0.39 is 18.6 Å². The monoisotopic (exact) mass is 286 g/mol. The molecule has 0 aliphatic rings. The number of aromatic nitrogens is 1. The zero-order valence-corrected chi connectivity index (χ0v) is 10.1. The summed E-state index contributed by atoms with van der Waals surface area (Å²) < 4.78 is 54.0. The van der Waals surface area contributed by atoms with Crippen molar-refractivity contribution in [2.24, 2.45) is 0 Å². The number of alkyl halides is 3. The van der Waals surface area contributed by atoms with Crippen LogP contribution in [0.25, 0.3) is 11.1 Å². The summed E-state index contributed by atoms with van der Waals surface area (Å²) >= 11 is 0. The standard InChI is InChI=1S/C13H10F4N2O/c14-10-5-8(1-2-11(10)18)9-3-4-19-12(6-9)20-7-13(15,16)17/h1-6H,7,18H2. The lowest BCUT2D eigenvalue weighted by Crippen LogP contribution is -2.19. The van der Waals surface area contributed by atoms with Crippen LogP contribution in [0.15, 0.2) is 36.5 Å². The lowest BCUT2D eigenvalue weighted by molar-refractivity contribution is -0.154. The van der Waals surface area contributed by atoms with Gasteiger partial charge in [-0.25, -0.2) is 9.37 Å². The molecule has 1 aromatic carbocycles. The van der Waals surface area contributed by atoms with Crippen molar-refractivity contribution in [3.63, 3.8) is 0 Å². The molecule has 0 amide bonds. The van der Waals surface area contributed by atoms with Gasteiger partial charge < -0.3 is 10.5 Å². The third-order valence-electron chi connectivity index (χ3n) is 2.45. The van der Waals surface area contributed by atoms with Crippen molar-refractivity contribution in [1.29, 1.82) is 0 Å². The quantitative estimate of drug-likeness (QED) is 0.694. The number of nitrogens with zero attached hydrogens (tertiary/aromatic N) is 1. The van der Waals surface area contributed by atoms with Crippen LogP contribution in [0, 0.1) is 5.82 Å². The minimum absolute atomic E-state index is 0.00338. The average Bonchev–Trinajstić information content (AvgIpc) is 2.39.